The summed E-state index contributed by atoms with van der Waals surface area (Å²) in [6, 6.07) is 2.09. The lowest BCUT2D eigenvalue weighted by Crippen LogP contribution is -2.44. The summed E-state index contributed by atoms with van der Waals surface area (Å²) in [7, 11) is -1.55. The van der Waals surface area contributed by atoms with Gasteiger partial charge in [-0.2, -0.15) is 0 Å². The van der Waals surface area contributed by atoms with Crippen LogP contribution < -0.4 is 5.32 Å². The molecule has 1 aliphatic rings. The average Bonchev–Trinajstić information content (AvgIpc) is 2.81. The minimum atomic E-state index is -3.08. The predicted octanol–water partition coefficient (Wildman–Crippen LogP) is 1.85. The van der Waals surface area contributed by atoms with Gasteiger partial charge in [-0.1, -0.05) is 6.07 Å². The lowest BCUT2D eigenvalue weighted by Gasteiger charge is -2.26. The minimum Gasteiger partial charge on any atom is -0.331 e. The van der Waals surface area contributed by atoms with E-state index in [1.807, 2.05) is 0 Å². The third-order valence-electron chi connectivity index (χ3n) is 3.86. The molecule has 1 fully saturated rings. The maximum atomic E-state index is 13.2. The summed E-state index contributed by atoms with van der Waals surface area (Å²) >= 11 is 0. The van der Waals surface area contributed by atoms with Crippen molar-refractivity contribution in [1.29, 1.82) is 0 Å². The summed E-state index contributed by atoms with van der Waals surface area (Å²) in [5, 5.41) is 2.65. The second kappa shape index (κ2) is 6.20. The molecule has 22 heavy (non-hydrogen) atoms. The largest absolute Gasteiger partial charge is 0.331 e. The number of carbonyl (C=O) groups excluding carboxylic acids is 1. The van der Waals surface area contributed by atoms with E-state index in [0.717, 1.165) is 12.1 Å². The molecule has 5 nitrogen and oxygen atoms in total. The first-order valence-electron chi connectivity index (χ1n) is 6.88. The molecular formula is C14H18F2N2O3S. The molecule has 1 aliphatic heterocycles. The molecule has 0 unspecified atom stereocenters. The number of hydrogen-bond acceptors (Lipinski definition) is 3. The van der Waals surface area contributed by atoms with Crippen LogP contribution in [0.2, 0.25) is 0 Å². The highest BCUT2D eigenvalue weighted by Crippen LogP contribution is 2.19. The number of rotatable bonds is 3. The van der Waals surface area contributed by atoms with Crippen LogP contribution in [0.25, 0.3) is 0 Å². The van der Waals surface area contributed by atoms with E-state index in [1.54, 1.807) is 6.92 Å². The fourth-order valence-electron chi connectivity index (χ4n) is 2.40. The van der Waals surface area contributed by atoms with E-state index in [4.69, 9.17) is 0 Å². The molecular weight excluding hydrogens is 314 g/mol. The van der Waals surface area contributed by atoms with E-state index >= 15 is 0 Å². The third kappa shape index (κ3) is 3.73. The number of carbonyl (C=O) groups is 1. The third-order valence-corrected chi connectivity index (χ3v) is 5.61. The smallest absolute Gasteiger partial charge is 0.317 e. The topological polar surface area (TPSA) is 66.5 Å². The molecule has 1 N–H and O–H groups in total. The van der Waals surface area contributed by atoms with Gasteiger partial charge < -0.3 is 10.2 Å². The Hall–Kier alpha value is -1.70. The second-order valence-electron chi connectivity index (χ2n) is 5.51. The van der Waals surface area contributed by atoms with Crippen molar-refractivity contribution < 1.29 is 22.0 Å². The molecule has 0 bridgehead atoms. The summed E-state index contributed by atoms with van der Waals surface area (Å²) in [6.45, 7) is 1.64. The molecule has 0 spiro atoms. The first kappa shape index (κ1) is 16.7. The van der Waals surface area contributed by atoms with Crippen LogP contribution in [0.3, 0.4) is 0 Å². The summed E-state index contributed by atoms with van der Waals surface area (Å²) in [4.78, 5) is 13.5. The molecule has 0 radical (unpaired) electrons. The molecule has 0 saturated carbocycles. The molecule has 1 aromatic carbocycles. The standard InChI is InChI=1S/C14H18F2N2O3S/c1-9(10-3-4-12(15)13(16)7-10)17-14(19)18(2)11-5-6-22(20,21)8-11/h3-4,7,9,11H,5-6,8H2,1-2H3,(H,17,19)/t9-,11-/m0/s1. The summed E-state index contributed by atoms with van der Waals surface area (Å²) in [5.41, 5.74) is 0.430. The van der Waals surface area contributed by atoms with Crippen molar-refractivity contribution in [2.24, 2.45) is 0 Å². The Balaban J connectivity index is 2.00. The number of hydrogen-bond donors (Lipinski definition) is 1. The highest BCUT2D eigenvalue weighted by atomic mass is 32.2. The van der Waals surface area contributed by atoms with Crippen LogP contribution in [-0.2, 0) is 9.84 Å². The van der Waals surface area contributed by atoms with Gasteiger partial charge in [0, 0.05) is 13.1 Å². The average molecular weight is 332 g/mol. The molecule has 1 aromatic rings. The number of urea groups is 1. The molecule has 2 atom stereocenters. The monoisotopic (exact) mass is 332 g/mol. The van der Waals surface area contributed by atoms with Crippen molar-refractivity contribution in [2.45, 2.75) is 25.4 Å². The van der Waals surface area contributed by atoms with Gasteiger partial charge in [-0.3, -0.25) is 0 Å². The molecule has 0 aromatic heterocycles. The Morgan fingerprint density at radius 1 is 1.36 bits per heavy atom. The first-order chi connectivity index (χ1) is 10.2. The molecule has 2 rings (SSSR count). The predicted molar refractivity (Wildman–Crippen MR) is 78.1 cm³/mol. The van der Waals surface area contributed by atoms with Crippen LogP contribution in [0.5, 0.6) is 0 Å². The quantitative estimate of drug-likeness (QED) is 0.919. The van der Waals surface area contributed by atoms with Gasteiger partial charge in [0.25, 0.3) is 0 Å². The zero-order valence-corrected chi connectivity index (χ0v) is 13.2. The molecule has 1 heterocycles. The van der Waals surface area contributed by atoms with E-state index in [2.05, 4.69) is 5.32 Å². The molecule has 122 valence electrons. The van der Waals surface area contributed by atoms with Crippen LogP contribution in [-0.4, -0.2) is 43.9 Å². The van der Waals surface area contributed by atoms with E-state index in [1.165, 1.54) is 18.0 Å². The lowest BCUT2D eigenvalue weighted by molar-refractivity contribution is 0.192. The number of benzene rings is 1. The molecule has 8 heteroatoms. The Labute approximate surface area is 128 Å². The van der Waals surface area contributed by atoms with Crippen LogP contribution in [0, 0.1) is 11.6 Å². The Morgan fingerprint density at radius 3 is 2.59 bits per heavy atom. The number of amides is 2. The normalized spacial score (nSPS) is 21.4. The van der Waals surface area contributed by atoms with Gasteiger partial charge in [0.15, 0.2) is 21.5 Å². The van der Waals surface area contributed by atoms with E-state index in [-0.39, 0.29) is 17.5 Å². The minimum absolute atomic E-state index is 0.0452. The number of sulfone groups is 1. The second-order valence-corrected chi connectivity index (χ2v) is 7.74. The van der Waals surface area contributed by atoms with Crippen molar-refractivity contribution in [3.63, 3.8) is 0 Å². The Bertz CT molecular complexity index is 679. The highest BCUT2D eigenvalue weighted by Gasteiger charge is 2.33. The van der Waals surface area contributed by atoms with E-state index in [0.29, 0.717) is 12.0 Å². The summed E-state index contributed by atoms with van der Waals surface area (Å²) < 4.78 is 49.0. The molecule has 1 saturated heterocycles. The van der Waals surface area contributed by atoms with Gasteiger partial charge in [0.05, 0.1) is 17.5 Å². The molecule has 2 amide bonds. The lowest BCUT2D eigenvalue weighted by atomic mass is 10.1. The Kier molecular flexibility index (Phi) is 4.69. The maximum Gasteiger partial charge on any atom is 0.317 e. The van der Waals surface area contributed by atoms with Gasteiger partial charge >= 0.3 is 6.03 Å². The van der Waals surface area contributed by atoms with Crippen molar-refractivity contribution in [3.05, 3.63) is 35.4 Å². The van der Waals surface area contributed by atoms with Crippen molar-refractivity contribution in [1.82, 2.24) is 10.2 Å². The van der Waals surface area contributed by atoms with Crippen LogP contribution in [0.15, 0.2) is 18.2 Å². The maximum absolute atomic E-state index is 13.2. The highest BCUT2D eigenvalue weighted by molar-refractivity contribution is 7.91. The van der Waals surface area contributed by atoms with Gasteiger partial charge in [0.1, 0.15) is 0 Å². The Morgan fingerprint density at radius 2 is 2.05 bits per heavy atom. The number of nitrogens with one attached hydrogen (secondary N) is 1. The fourth-order valence-corrected chi connectivity index (χ4v) is 4.17. The van der Waals surface area contributed by atoms with Gasteiger partial charge in [-0.25, -0.2) is 22.0 Å². The van der Waals surface area contributed by atoms with E-state index in [9.17, 15) is 22.0 Å². The van der Waals surface area contributed by atoms with Gasteiger partial charge in [-0.05, 0) is 31.0 Å². The van der Waals surface area contributed by atoms with Crippen molar-refractivity contribution in [3.8, 4) is 0 Å². The SMILES string of the molecule is C[C@H](NC(=O)N(C)[C@H]1CCS(=O)(=O)C1)c1ccc(F)c(F)c1. The number of halogens is 2. The fraction of sp³-hybridized carbons (Fsp3) is 0.500. The summed E-state index contributed by atoms with van der Waals surface area (Å²) in [5.74, 6) is -1.89. The van der Waals surface area contributed by atoms with Crippen LogP contribution in [0.4, 0.5) is 13.6 Å². The van der Waals surface area contributed by atoms with E-state index < -0.39 is 33.5 Å². The van der Waals surface area contributed by atoms with Crippen molar-refractivity contribution >= 4 is 15.9 Å². The zero-order valence-electron chi connectivity index (χ0n) is 12.3. The van der Waals surface area contributed by atoms with Gasteiger partial charge in [-0.15, -0.1) is 0 Å². The van der Waals surface area contributed by atoms with Gasteiger partial charge in [0.2, 0.25) is 0 Å². The molecule has 0 aliphatic carbocycles. The number of nitrogens with zero attached hydrogens (tertiary/aromatic N) is 1. The summed E-state index contributed by atoms with van der Waals surface area (Å²) in [6.07, 6.45) is 0.409. The van der Waals surface area contributed by atoms with Crippen molar-refractivity contribution in [2.75, 3.05) is 18.6 Å². The van der Waals surface area contributed by atoms with Crippen LogP contribution in [0.1, 0.15) is 24.9 Å². The zero-order chi connectivity index (χ0) is 16.5. The van der Waals surface area contributed by atoms with Crippen LogP contribution >= 0.6 is 0 Å². The first-order valence-corrected chi connectivity index (χ1v) is 8.70.